The zero-order valence-electron chi connectivity index (χ0n) is 11.7. The van der Waals surface area contributed by atoms with Gasteiger partial charge in [0, 0.05) is 13.8 Å². The van der Waals surface area contributed by atoms with Crippen molar-refractivity contribution in [1.82, 2.24) is 0 Å². The van der Waals surface area contributed by atoms with Crippen LogP contribution >= 0.6 is 7.14 Å². The molecule has 16 heavy (non-hydrogen) atoms. The fourth-order valence-electron chi connectivity index (χ4n) is 2.77. The van der Waals surface area contributed by atoms with E-state index in [-0.39, 0.29) is 10.8 Å². The Hall–Kier alpha value is -0.300. The second-order valence-corrected chi connectivity index (χ2v) is 10.1. The van der Waals surface area contributed by atoms with Crippen LogP contribution in [0.4, 0.5) is 0 Å². The molecule has 3 nitrogen and oxygen atoms in total. The molecule has 0 bridgehead atoms. The van der Waals surface area contributed by atoms with Crippen molar-refractivity contribution in [2.24, 2.45) is 10.8 Å². The predicted molar refractivity (Wildman–Crippen MR) is 69.7 cm³/mol. The number of rotatable bonds is 1. The maximum absolute atomic E-state index is 12.5. The summed E-state index contributed by atoms with van der Waals surface area (Å²) in [4.78, 5) is 0. The molecular weight excluding hydrogens is 221 g/mol. The van der Waals surface area contributed by atoms with Crippen molar-refractivity contribution in [2.75, 3.05) is 13.3 Å². The van der Waals surface area contributed by atoms with Gasteiger partial charge in [-0.3, -0.25) is 0 Å². The van der Waals surface area contributed by atoms with Crippen LogP contribution in [0.2, 0.25) is 0 Å². The molecule has 1 atom stereocenters. The average molecular weight is 245 g/mol. The molecule has 0 saturated heterocycles. The number of hydrogen-bond donors (Lipinski definition) is 0. The summed E-state index contributed by atoms with van der Waals surface area (Å²) in [6.45, 7) is 15.4. The third-order valence-corrected chi connectivity index (χ3v) is 8.24. The van der Waals surface area contributed by atoms with E-state index in [1.165, 1.54) is 0 Å². The Morgan fingerprint density at radius 1 is 1.12 bits per heavy atom. The van der Waals surface area contributed by atoms with E-state index < -0.39 is 12.4 Å². The molecule has 0 fully saturated rings. The van der Waals surface area contributed by atoms with Gasteiger partial charge >= 0.3 is 0 Å². The van der Waals surface area contributed by atoms with Gasteiger partial charge in [-0.25, -0.2) is 0 Å². The van der Waals surface area contributed by atoms with Crippen molar-refractivity contribution in [3.05, 3.63) is 5.21 Å². The lowest BCUT2D eigenvalue weighted by atomic mass is 9.64. The van der Waals surface area contributed by atoms with Crippen LogP contribution in [-0.4, -0.2) is 29.1 Å². The summed E-state index contributed by atoms with van der Waals surface area (Å²) in [5.41, 5.74) is 0.236. The molecule has 0 radical (unpaired) electrons. The second kappa shape index (κ2) is 3.13. The van der Waals surface area contributed by atoms with Gasteiger partial charge in [-0.15, -0.1) is 0 Å². The van der Waals surface area contributed by atoms with Gasteiger partial charge in [0.1, 0.15) is 0 Å². The van der Waals surface area contributed by atoms with Gasteiger partial charge in [-0.2, -0.15) is 4.74 Å². The first-order valence-electron chi connectivity index (χ1n) is 5.68. The summed E-state index contributed by atoms with van der Waals surface area (Å²) in [6, 6.07) is 0. The smallest absolute Gasteiger partial charge is 0.225 e. The third kappa shape index (κ3) is 1.21. The van der Waals surface area contributed by atoms with Crippen molar-refractivity contribution in [3.8, 4) is 0 Å². The minimum atomic E-state index is -2.53. The van der Waals surface area contributed by atoms with E-state index in [1.54, 1.807) is 13.3 Å². The molecular formula is C12H24NO2P. The van der Waals surface area contributed by atoms with Gasteiger partial charge in [0.25, 0.3) is 0 Å². The van der Waals surface area contributed by atoms with Crippen LogP contribution in [0.1, 0.15) is 41.5 Å². The molecule has 0 aliphatic carbocycles. The molecule has 1 heterocycles. The number of hydrogen-bond acceptors (Lipinski definition) is 2. The topological polar surface area (TPSA) is 43.1 Å². The van der Waals surface area contributed by atoms with Crippen molar-refractivity contribution in [1.29, 1.82) is 0 Å². The Morgan fingerprint density at radius 3 is 1.62 bits per heavy atom. The third-order valence-electron chi connectivity index (χ3n) is 5.40. The molecule has 0 aromatic rings. The van der Waals surface area contributed by atoms with Crippen LogP contribution in [0.5, 0.6) is 0 Å². The Morgan fingerprint density at radius 2 is 1.50 bits per heavy atom. The first kappa shape index (κ1) is 13.8. The van der Waals surface area contributed by atoms with Crippen LogP contribution in [0.3, 0.4) is 0 Å². The van der Waals surface area contributed by atoms with E-state index in [9.17, 15) is 9.77 Å². The molecule has 1 rings (SSSR count). The van der Waals surface area contributed by atoms with Gasteiger partial charge < -0.3 is 9.77 Å². The van der Waals surface area contributed by atoms with Crippen molar-refractivity contribution in [2.45, 2.75) is 46.8 Å². The van der Waals surface area contributed by atoms with E-state index in [0.29, 0.717) is 0 Å². The molecule has 0 aromatic heterocycles. The molecule has 1 unspecified atom stereocenters. The number of hydroxylamine groups is 1. The summed E-state index contributed by atoms with van der Waals surface area (Å²) in [7, 11) is -2.53. The molecule has 1 aliphatic heterocycles. The Bertz CT molecular complexity index is 403. The zero-order chi connectivity index (χ0) is 13.2. The van der Waals surface area contributed by atoms with Gasteiger partial charge in [-0.1, -0.05) is 13.8 Å². The SMILES string of the molecule is CC1=[N+]([O-])C(C)(P(C)(C)=O)C(C)(C)C1(C)C. The van der Waals surface area contributed by atoms with E-state index in [1.807, 2.05) is 27.7 Å². The lowest BCUT2D eigenvalue weighted by Gasteiger charge is -2.43. The number of nitrogens with zero attached hydrogens (tertiary/aromatic N) is 1. The molecule has 0 saturated carbocycles. The summed E-state index contributed by atoms with van der Waals surface area (Å²) in [6.07, 6.45) is 0. The monoisotopic (exact) mass is 245 g/mol. The van der Waals surface area contributed by atoms with E-state index in [0.717, 1.165) is 10.5 Å². The molecule has 94 valence electrons. The molecule has 0 N–H and O–H groups in total. The quantitative estimate of drug-likeness (QED) is 0.404. The normalized spacial score (nSPS) is 33.2. The van der Waals surface area contributed by atoms with E-state index in [2.05, 4.69) is 13.8 Å². The highest BCUT2D eigenvalue weighted by atomic mass is 31.2. The molecule has 0 spiro atoms. The van der Waals surface area contributed by atoms with Crippen molar-refractivity contribution in [3.63, 3.8) is 0 Å². The Labute approximate surface area is 98.9 Å². The highest BCUT2D eigenvalue weighted by Gasteiger charge is 2.69. The van der Waals surface area contributed by atoms with Gasteiger partial charge in [0.05, 0.1) is 10.8 Å². The summed E-state index contributed by atoms with van der Waals surface area (Å²) in [5.74, 6) is 0. The van der Waals surface area contributed by atoms with Gasteiger partial charge in [0.15, 0.2) is 12.9 Å². The van der Waals surface area contributed by atoms with Crippen LogP contribution in [0, 0.1) is 16.0 Å². The lowest BCUT2D eigenvalue weighted by molar-refractivity contribution is -0.523. The van der Waals surface area contributed by atoms with Gasteiger partial charge in [-0.05, 0) is 27.2 Å². The first-order chi connectivity index (χ1) is 6.82. The Kier molecular flexibility index (Phi) is 2.69. The summed E-state index contributed by atoms with van der Waals surface area (Å²) in [5, 5.41) is 11.6. The molecule has 1 aliphatic rings. The van der Waals surface area contributed by atoms with Gasteiger partial charge in [0.2, 0.25) is 5.28 Å². The maximum Gasteiger partial charge on any atom is 0.225 e. The van der Waals surface area contributed by atoms with Crippen molar-refractivity contribution >= 4 is 12.9 Å². The predicted octanol–water partition coefficient (Wildman–Crippen LogP) is 3.36. The maximum atomic E-state index is 12.5. The van der Waals surface area contributed by atoms with Crippen molar-refractivity contribution < 1.29 is 9.30 Å². The largest absolute Gasteiger partial charge is 0.623 e. The average Bonchev–Trinajstić information content (AvgIpc) is 2.18. The summed E-state index contributed by atoms with van der Waals surface area (Å²) >= 11 is 0. The van der Waals surface area contributed by atoms with Crippen LogP contribution < -0.4 is 0 Å². The highest BCUT2D eigenvalue weighted by Crippen LogP contribution is 2.68. The van der Waals surface area contributed by atoms with Crippen LogP contribution in [0.15, 0.2) is 0 Å². The lowest BCUT2D eigenvalue weighted by Crippen LogP contribution is -2.48. The molecule has 0 amide bonds. The first-order valence-corrected chi connectivity index (χ1v) is 8.28. The van der Waals surface area contributed by atoms with Crippen LogP contribution in [-0.2, 0) is 4.57 Å². The van der Waals surface area contributed by atoms with Crippen LogP contribution in [0.25, 0.3) is 0 Å². The standard InChI is InChI=1S/C12H24NO2P/c1-9-10(2,3)11(4,5)12(6,13(9)14)16(7,8)15/h1-8H3. The van der Waals surface area contributed by atoms with E-state index in [4.69, 9.17) is 0 Å². The molecule has 0 aromatic carbocycles. The van der Waals surface area contributed by atoms with E-state index >= 15 is 0 Å². The Balaban J connectivity index is 3.63. The molecule has 4 heteroatoms. The zero-order valence-corrected chi connectivity index (χ0v) is 12.6. The second-order valence-electron chi connectivity index (χ2n) is 6.50. The fraction of sp³-hybridized carbons (Fsp3) is 0.917. The fourth-order valence-corrected chi connectivity index (χ4v) is 4.98. The minimum absolute atomic E-state index is 0.231. The minimum Gasteiger partial charge on any atom is -0.623 e. The summed E-state index contributed by atoms with van der Waals surface area (Å²) < 4.78 is 13.6. The highest BCUT2D eigenvalue weighted by molar-refractivity contribution is 7.63.